The second-order valence-electron chi connectivity index (χ2n) is 3.31. The highest BCUT2D eigenvalue weighted by atomic mass is 32.2. The van der Waals surface area contributed by atoms with Crippen molar-refractivity contribution in [2.75, 3.05) is 6.54 Å². The van der Waals surface area contributed by atoms with E-state index in [1.165, 1.54) is 6.07 Å². The summed E-state index contributed by atoms with van der Waals surface area (Å²) >= 11 is 0. The van der Waals surface area contributed by atoms with Crippen LogP contribution in [0.1, 0.15) is 12.0 Å². The van der Waals surface area contributed by atoms with Gasteiger partial charge in [0.05, 0.1) is 4.92 Å². The van der Waals surface area contributed by atoms with Crippen LogP contribution in [0.25, 0.3) is 0 Å². The van der Waals surface area contributed by atoms with Gasteiger partial charge in [-0.15, -0.1) is 0 Å². The molecule has 8 heteroatoms. The molecule has 0 aliphatic heterocycles. The van der Waals surface area contributed by atoms with Crippen LogP contribution in [0.3, 0.4) is 0 Å². The maximum atomic E-state index is 13.0. The average Bonchev–Trinajstić information content (AvgIpc) is 2.25. The number of nitrogens with one attached hydrogen (secondary N) is 1. The van der Waals surface area contributed by atoms with E-state index >= 15 is 0 Å². The largest absolute Gasteiger partial charge is 0.305 e. The van der Waals surface area contributed by atoms with Gasteiger partial charge in [-0.1, -0.05) is 6.07 Å². The Morgan fingerprint density at radius 3 is 2.71 bits per heavy atom. The maximum absolute atomic E-state index is 13.0. The topological polar surface area (TPSA) is 89.3 Å². The van der Waals surface area contributed by atoms with Crippen LogP contribution in [0.4, 0.5) is 10.1 Å². The Morgan fingerprint density at radius 1 is 1.41 bits per heavy atom. The Bertz CT molecular complexity index is 482. The first-order valence-corrected chi connectivity index (χ1v) is 5.99. The van der Waals surface area contributed by atoms with E-state index in [4.69, 9.17) is 0 Å². The molecule has 0 spiro atoms. The van der Waals surface area contributed by atoms with Crippen molar-refractivity contribution in [3.8, 4) is 0 Å². The lowest BCUT2D eigenvalue weighted by Gasteiger charge is -2.01. The van der Waals surface area contributed by atoms with E-state index in [2.05, 4.69) is 4.72 Å². The van der Waals surface area contributed by atoms with Gasteiger partial charge in [-0.3, -0.25) is 10.1 Å². The molecular formula is C9H11FN2O4S. The summed E-state index contributed by atoms with van der Waals surface area (Å²) in [7, 11) is -2.62. The second-order valence-corrected chi connectivity index (χ2v) is 4.14. The van der Waals surface area contributed by atoms with Gasteiger partial charge in [0.25, 0.3) is 0 Å². The predicted octanol–water partition coefficient (Wildman–Crippen LogP) is 0.782. The Balaban J connectivity index is 2.60. The molecule has 0 aliphatic rings. The van der Waals surface area contributed by atoms with Crippen LogP contribution in [0, 0.1) is 15.9 Å². The van der Waals surface area contributed by atoms with Crippen LogP contribution in [-0.2, 0) is 17.3 Å². The molecule has 0 radical (unpaired) electrons. The zero-order valence-electron chi connectivity index (χ0n) is 8.76. The van der Waals surface area contributed by atoms with Crippen molar-refractivity contribution in [1.82, 2.24) is 4.72 Å². The van der Waals surface area contributed by atoms with Crippen molar-refractivity contribution < 1.29 is 17.7 Å². The molecule has 1 rings (SSSR count). The summed E-state index contributed by atoms with van der Waals surface area (Å²) in [5, 5.41) is 10.5. The van der Waals surface area contributed by atoms with Crippen molar-refractivity contribution in [3.05, 3.63) is 39.7 Å². The van der Waals surface area contributed by atoms with Gasteiger partial charge in [0.2, 0.25) is 16.7 Å². The zero-order chi connectivity index (χ0) is 12.8. The highest BCUT2D eigenvalue weighted by molar-refractivity contribution is 7.70. The maximum Gasteiger partial charge on any atom is 0.305 e. The fourth-order valence-corrected chi connectivity index (χ4v) is 1.66. The van der Waals surface area contributed by atoms with Crippen molar-refractivity contribution in [2.24, 2.45) is 0 Å². The van der Waals surface area contributed by atoms with Gasteiger partial charge < -0.3 is 0 Å². The molecule has 17 heavy (non-hydrogen) atoms. The third-order valence-electron chi connectivity index (χ3n) is 2.09. The molecule has 1 aromatic rings. The van der Waals surface area contributed by atoms with E-state index in [0.717, 1.165) is 12.1 Å². The molecule has 1 N–H and O–H groups in total. The number of benzene rings is 1. The minimum atomic E-state index is -2.62. The summed E-state index contributed by atoms with van der Waals surface area (Å²) in [5.41, 5.74) is 0.0337. The zero-order valence-corrected chi connectivity index (χ0v) is 9.65. The standard InChI is InChI=1S/C9H11FN2O4S/c10-8-4-3-7(6-9(8)12(13)14)2-1-5-11-17(15)16/h3-4,6,17H,1-2,5H2,(H,11,15,16). The van der Waals surface area contributed by atoms with Crippen molar-refractivity contribution in [3.63, 3.8) is 0 Å². The molecule has 0 aromatic heterocycles. The number of aryl methyl sites for hydroxylation is 1. The van der Waals surface area contributed by atoms with E-state index in [9.17, 15) is 22.9 Å². The van der Waals surface area contributed by atoms with Crippen LogP contribution in [0.2, 0.25) is 0 Å². The van der Waals surface area contributed by atoms with Crippen LogP contribution >= 0.6 is 0 Å². The first kappa shape index (κ1) is 13.5. The molecule has 0 saturated carbocycles. The third kappa shape index (κ3) is 4.45. The highest BCUT2D eigenvalue weighted by Crippen LogP contribution is 2.19. The molecule has 0 heterocycles. The third-order valence-corrected chi connectivity index (χ3v) is 2.57. The Labute approximate surface area is 98.7 Å². The van der Waals surface area contributed by atoms with Crippen LogP contribution in [0.15, 0.2) is 18.2 Å². The summed E-state index contributed by atoms with van der Waals surface area (Å²) in [6.07, 6.45) is 0.934. The van der Waals surface area contributed by atoms with Crippen molar-refractivity contribution in [1.29, 1.82) is 0 Å². The van der Waals surface area contributed by atoms with Crippen LogP contribution in [0.5, 0.6) is 0 Å². The minimum Gasteiger partial charge on any atom is -0.258 e. The number of nitro groups is 1. The van der Waals surface area contributed by atoms with E-state index in [1.807, 2.05) is 0 Å². The van der Waals surface area contributed by atoms with E-state index < -0.39 is 27.3 Å². The SMILES string of the molecule is O=[N+]([O-])c1cc(CCCN[SH](=O)=O)ccc1F. The fraction of sp³-hybridized carbons (Fsp3) is 0.333. The molecule has 6 nitrogen and oxygen atoms in total. The van der Waals surface area contributed by atoms with Crippen LogP contribution in [-0.4, -0.2) is 19.9 Å². The summed E-state index contributed by atoms with van der Waals surface area (Å²) < 4.78 is 35.6. The van der Waals surface area contributed by atoms with Gasteiger partial charge in [-0.05, 0) is 24.5 Å². The molecule has 94 valence electrons. The number of hydrogen-bond donors (Lipinski definition) is 2. The van der Waals surface area contributed by atoms with Crippen molar-refractivity contribution >= 4 is 16.6 Å². The van der Waals surface area contributed by atoms with Gasteiger partial charge in [0.15, 0.2) is 0 Å². The predicted molar refractivity (Wildman–Crippen MR) is 59.7 cm³/mol. The van der Waals surface area contributed by atoms with Crippen molar-refractivity contribution in [2.45, 2.75) is 12.8 Å². The first-order valence-electron chi connectivity index (χ1n) is 4.81. The fourth-order valence-electron chi connectivity index (χ4n) is 1.32. The molecule has 0 atom stereocenters. The number of thiol groups is 1. The van der Waals surface area contributed by atoms with Gasteiger partial charge in [0.1, 0.15) is 0 Å². The van der Waals surface area contributed by atoms with Gasteiger partial charge in [-0.25, -0.2) is 13.1 Å². The lowest BCUT2D eigenvalue weighted by Crippen LogP contribution is -2.13. The average molecular weight is 262 g/mol. The number of nitrogens with zero attached hydrogens (tertiary/aromatic N) is 1. The lowest BCUT2D eigenvalue weighted by atomic mass is 10.1. The minimum absolute atomic E-state index is 0.254. The summed E-state index contributed by atoms with van der Waals surface area (Å²) in [5.74, 6) is -0.875. The molecule has 0 bridgehead atoms. The van der Waals surface area contributed by atoms with Gasteiger partial charge >= 0.3 is 5.69 Å². The smallest absolute Gasteiger partial charge is 0.258 e. The number of hydrogen-bond acceptors (Lipinski definition) is 4. The summed E-state index contributed by atoms with van der Waals surface area (Å²) in [4.78, 5) is 9.68. The Morgan fingerprint density at radius 2 is 2.12 bits per heavy atom. The first-order chi connectivity index (χ1) is 8.00. The number of rotatable bonds is 6. The molecule has 1 aromatic carbocycles. The summed E-state index contributed by atoms with van der Waals surface area (Å²) in [6.45, 7) is 0.254. The second kappa shape index (κ2) is 6.26. The Kier molecular flexibility index (Phi) is 4.98. The molecular weight excluding hydrogens is 251 g/mol. The molecule has 0 amide bonds. The molecule has 0 fully saturated rings. The quantitative estimate of drug-likeness (QED) is 0.343. The lowest BCUT2D eigenvalue weighted by molar-refractivity contribution is -0.387. The van der Waals surface area contributed by atoms with E-state index in [0.29, 0.717) is 18.4 Å². The Hall–Kier alpha value is -1.54. The van der Waals surface area contributed by atoms with Gasteiger partial charge in [-0.2, -0.15) is 4.39 Å². The van der Waals surface area contributed by atoms with E-state index in [-0.39, 0.29) is 6.54 Å². The van der Waals surface area contributed by atoms with Crippen LogP contribution < -0.4 is 4.72 Å². The van der Waals surface area contributed by atoms with Gasteiger partial charge in [0, 0.05) is 12.6 Å². The molecule has 0 saturated heterocycles. The number of halogens is 1. The molecule has 0 unspecified atom stereocenters. The summed E-state index contributed by atoms with van der Waals surface area (Å²) in [6, 6.07) is 3.64. The normalized spacial score (nSPS) is 10.7. The number of nitro benzene ring substituents is 1. The highest BCUT2D eigenvalue weighted by Gasteiger charge is 2.13. The van der Waals surface area contributed by atoms with E-state index in [1.54, 1.807) is 0 Å². The molecule has 0 aliphatic carbocycles. The monoisotopic (exact) mass is 262 g/mol.